The van der Waals surface area contributed by atoms with Crippen molar-refractivity contribution in [2.45, 2.75) is 12.5 Å². The summed E-state index contributed by atoms with van der Waals surface area (Å²) in [4.78, 5) is 18.2. The number of pyridine rings is 1. The van der Waals surface area contributed by atoms with E-state index in [0.717, 1.165) is 19.3 Å². The fourth-order valence-electron chi connectivity index (χ4n) is 3.34. The number of likely N-dealkylation sites (N-methyl/N-ethyl adjacent to an activating group) is 1. The first-order valence-electron chi connectivity index (χ1n) is 8.47. The Morgan fingerprint density at radius 3 is 2.72 bits per heavy atom. The monoisotopic (exact) mass is 342 g/mol. The molecule has 1 aliphatic heterocycles. The van der Waals surface area contributed by atoms with Crippen molar-refractivity contribution in [1.82, 2.24) is 20.5 Å². The zero-order chi connectivity index (χ0) is 17.6. The Morgan fingerprint density at radius 2 is 2.00 bits per heavy atom. The number of likely N-dealkylation sites (tertiary alicyclic amines) is 1. The van der Waals surface area contributed by atoms with Crippen LogP contribution in [0.2, 0.25) is 0 Å². The van der Waals surface area contributed by atoms with Crippen LogP contribution in [0.15, 0.2) is 48.7 Å². The number of benzene rings is 1. The molecule has 2 aromatic rings. The fraction of sp³-hybridized carbons (Fsp3) is 0.368. The summed E-state index contributed by atoms with van der Waals surface area (Å²) in [5, 5.41) is 5.71. The summed E-state index contributed by atoms with van der Waals surface area (Å²) >= 11 is 0. The number of amides is 2. The Kier molecular flexibility index (Phi) is 5.60. The van der Waals surface area contributed by atoms with E-state index in [1.165, 1.54) is 11.6 Å². The molecular formula is C19H23FN4O. The Balaban J connectivity index is 1.49. The molecule has 0 spiro atoms. The normalized spacial score (nSPS) is 20.4. The number of hydrogen-bond donors (Lipinski definition) is 2. The number of carbonyl (C=O) groups excluding carboxylic acids is 1. The molecule has 2 amide bonds. The van der Waals surface area contributed by atoms with Gasteiger partial charge in [-0.25, -0.2) is 9.18 Å². The van der Waals surface area contributed by atoms with E-state index in [9.17, 15) is 9.18 Å². The standard InChI is InChI=1S/C19H23FN4O/c1-24-12-15(18(13-24)14-5-3-2-4-6-14)9-22-19(25)23-11-17-8-7-16(20)10-21-17/h2-8,10,15,18H,9,11-13H2,1H3,(H2,22,23,25)/t15-,18+/m1/s1. The quantitative estimate of drug-likeness (QED) is 0.877. The van der Waals surface area contributed by atoms with Gasteiger partial charge < -0.3 is 15.5 Å². The minimum atomic E-state index is -0.384. The van der Waals surface area contributed by atoms with Crippen LogP contribution in [0.3, 0.4) is 0 Å². The van der Waals surface area contributed by atoms with Crippen molar-refractivity contribution in [3.8, 4) is 0 Å². The first-order valence-corrected chi connectivity index (χ1v) is 8.47. The van der Waals surface area contributed by atoms with Crippen molar-refractivity contribution in [2.75, 3.05) is 26.7 Å². The van der Waals surface area contributed by atoms with Crippen LogP contribution >= 0.6 is 0 Å². The molecule has 0 aliphatic carbocycles. The van der Waals surface area contributed by atoms with Crippen molar-refractivity contribution in [3.05, 3.63) is 65.7 Å². The number of rotatable bonds is 5. The third-order valence-electron chi connectivity index (χ3n) is 4.59. The summed E-state index contributed by atoms with van der Waals surface area (Å²) in [5.74, 6) is 0.415. The SMILES string of the molecule is CN1C[C@@H](CNC(=O)NCc2ccc(F)cn2)[C@H](c2ccccc2)C1. The molecule has 132 valence electrons. The van der Waals surface area contributed by atoms with Gasteiger partial charge in [-0.2, -0.15) is 0 Å². The van der Waals surface area contributed by atoms with E-state index in [0.29, 0.717) is 24.1 Å². The van der Waals surface area contributed by atoms with E-state index in [4.69, 9.17) is 0 Å². The fourth-order valence-corrected chi connectivity index (χ4v) is 3.34. The molecule has 1 aromatic carbocycles. The number of carbonyl (C=O) groups is 1. The second kappa shape index (κ2) is 8.07. The Hall–Kier alpha value is -2.47. The predicted molar refractivity (Wildman–Crippen MR) is 94.6 cm³/mol. The number of aromatic nitrogens is 1. The highest BCUT2D eigenvalue weighted by Gasteiger charge is 2.31. The molecule has 0 saturated carbocycles. The average molecular weight is 342 g/mol. The number of urea groups is 1. The molecule has 0 bridgehead atoms. The molecule has 1 aliphatic rings. The predicted octanol–water partition coefficient (Wildman–Crippen LogP) is 2.37. The molecule has 5 nitrogen and oxygen atoms in total. The van der Waals surface area contributed by atoms with Gasteiger partial charge in [0.1, 0.15) is 5.82 Å². The first-order chi connectivity index (χ1) is 12.1. The first kappa shape index (κ1) is 17.4. The van der Waals surface area contributed by atoms with Crippen LogP contribution in [0.5, 0.6) is 0 Å². The highest BCUT2D eigenvalue weighted by atomic mass is 19.1. The Bertz CT molecular complexity index is 692. The van der Waals surface area contributed by atoms with Crippen LogP contribution in [0, 0.1) is 11.7 Å². The van der Waals surface area contributed by atoms with Crippen LogP contribution in [0.1, 0.15) is 17.2 Å². The summed E-state index contributed by atoms with van der Waals surface area (Å²) in [6.45, 7) is 2.85. The van der Waals surface area contributed by atoms with E-state index >= 15 is 0 Å². The average Bonchev–Trinajstić information content (AvgIpc) is 3.01. The van der Waals surface area contributed by atoms with E-state index < -0.39 is 0 Å². The van der Waals surface area contributed by atoms with Gasteiger partial charge in [0.05, 0.1) is 18.4 Å². The molecule has 0 radical (unpaired) electrons. The van der Waals surface area contributed by atoms with Gasteiger partial charge in [-0.1, -0.05) is 30.3 Å². The van der Waals surface area contributed by atoms with Crippen LogP contribution in [0.4, 0.5) is 9.18 Å². The van der Waals surface area contributed by atoms with Crippen LogP contribution in [0.25, 0.3) is 0 Å². The number of hydrogen-bond acceptors (Lipinski definition) is 3. The van der Waals surface area contributed by atoms with Crippen molar-refractivity contribution >= 4 is 6.03 Å². The zero-order valence-electron chi connectivity index (χ0n) is 14.3. The van der Waals surface area contributed by atoms with Crippen molar-refractivity contribution in [2.24, 2.45) is 5.92 Å². The minimum Gasteiger partial charge on any atom is -0.338 e. The van der Waals surface area contributed by atoms with E-state index in [1.54, 1.807) is 6.07 Å². The largest absolute Gasteiger partial charge is 0.338 e. The van der Waals surface area contributed by atoms with Gasteiger partial charge in [0.25, 0.3) is 0 Å². The van der Waals surface area contributed by atoms with Crippen LogP contribution in [-0.4, -0.2) is 42.6 Å². The lowest BCUT2D eigenvalue weighted by Crippen LogP contribution is -2.39. The molecule has 2 heterocycles. The molecule has 1 saturated heterocycles. The summed E-state index contributed by atoms with van der Waals surface area (Å²) in [7, 11) is 2.11. The maximum atomic E-state index is 12.8. The highest BCUT2D eigenvalue weighted by Crippen LogP contribution is 2.31. The highest BCUT2D eigenvalue weighted by molar-refractivity contribution is 5.73. The topological polar surface area (TPSA) is 57.3 Å². The summed E-state index contributed by atoms with van der Waals surface area (Å²) in [6, 6.07) is 13.1. The molecule has 6 heteroatoms. The van der Waals surface area contributed by atoms with Gasteiger partial charge >= 0.3 is 6.03 Å². The van der Waals surface area contributed by atoms with Gasteiger partial charge in [0, 0.05) is 25.6 Å². The van der Waals surface area contributed by atoms with E-state index in [1.807, 2.05) is 6.07 Å². The molecule has 3 rings (SSSR count). The minimum absolute atomic E-state index is 0.229. The van der Waals surface area contributed by atoms with Crippen molar-refractivity contribution in [3.63, 3.8) is 0 Å². The molecule has 2 atom stereocenters. The summed E-state index contributed by atoms with van der Waals surface area (Å²) in [6.07, 6.45) is 1.15. The maximum Gasteiger partial charge on any atom is 0.315 e. The zero-order valence-corrected chi connectivity index (χ0v) is 14.3. The molecule has 1 aromatic heterocycles. The van der Waals surface area contributed by atoms with Crippen molar-refractivity contribution < 1.29 is 9.18 Å². The van der Waals surface area contributed by atoms with Gasteiger partial charge in [-0.15, -0.1) is 0 Å². The lowest BCUT2D eigenvalue weighted by atomic mass is 9.89. The second-order valence-corrected chi connectivity index (χ2v) is 6.53. The van der Waals surface area contributed by atoms with Gasteiger partial charge in [-0.05, 0) is 30.7 Å². The number of nitrogens with one attached hydrogen (secondary N) is 2. The lowest BCUT2D eigenvalue weighted by Gasteiger charge is -2.19. The van der Waals surface area contributed by atoms with Crippen molar-refractivity contribution in [1.29, 1.82) is 0 Å². The smallest absolute Gasteiger partial charge is 0.315 e. The molecule has 1 fully saturated rings. The van der Waals surface area contributed by atoms with E-state index in [-0.39, 0.29) is 18.4 Å². The van der Waals surface area contributed by atoms with E-state index in [2.05, 4.69) is 51.8 Å². The van der Waals surface area contributed by atoms with Gasteiger partial charge in [-0.3, -0.25) is 4.98 Å². The van der Waals surface area contributed by atoms with Crippen LogP contribution < -0.4 is 10.6 Å². The third kappa shape index (κ3) is 4.76. The maximum absolute atomic E-state index is 12.8. The molecular weight excluding hydrogens is 319 g/mol. The summed E-state index contributed by atoms with van der Waals surface area (Å²) in [5.41, 5.74) is 1.94. The summed E-state index contributed by atoms with van der Waals surface area (Å²) < 4.78 is 12.8. The number of nitrogens with zero attached hydrogens (tertiary/aromatic N) is 2. The molecule has 25 heavy (non-hydrogen) atoms. The number of halogens is 1. The molecule has 2 N–H and O–H groups in total. The Morgan fingerprint density at radius 1 is 1.20 bits per heavy atom. The van der Waals surface area contributed by atoms with Gasteiger partial charge in [0.15, 0.2) is 0 Å². The van der Waals surface area contributed by atoms with Crippen LogP contribution in [-0.2, 0) is 6.54 Å². The third-order valence-corrected chi connectivity index (χ3v) is 4.59. The van der Waals surface area contributed by atoms with Gasteiger partial charge in [0.2, 0.25) is 0 Å². The second-order valence-electron chi connectivity index (χ2n) is 6.53. The lowest BCUT2D eigenvalue weighted by molar-refractivity contribution is 0.238. The molecule has 0 unspecified atom stereocenters. The Labute approximate surface area is 147 Å².